The van der Waals surface area contributed by atoms with Crippen LogP contribution < -0.4 is 4.74 Å². The summed E-state index contributed by atoms with van der Waals surface area (Å²) in [5, 5.41) is 4.06. The Morgan fingerprint density at radius 2 is 1.94 bits per heavy atom. The average Bonchev–Trinajstić information content (AvgIpc) is 2.67. The summed E-state index contributed by atoms with van der Waals surface area (Å²) >= 11 is 0. The molecule has 1 aromatic heterocycles. The van der Waals surface area contributed by atoms with E-state index in [4.69, 9.17) is 4.74 Å². The summed E-state index contributed by atoms with van der Waals surface area (Å²) in [6.45, 7) is 3.92. The zero-order chi connectivity index (χ0) is 13.1. The molecule has 18 heavy (non-hydrogen) atoms. The number of carbonyl (C=O) groups excluding carboxylic acids is 1. The van der Waals surface area contributed by atoms with Crippen molar-refractivity contribution in [3.8, 4) is 5.88 Å². The third-order valence-electron chi connectivity index (χ3n) is 2.77. The van der Waals surface area contributed by atoms with Crippen LogP contribution in [0.3, 0.4) is 0 Å². The first-order valence-corrected chi connectivity index (χ1v) is 5.79. The third kappa shape index (κ3) is 2.59. The molecule has 0 radical (unpaired) electrons. The first kappa shape index (κ1) is 12.4. The third-order valence-corrected chi connectivity index (χ3v) is 2.77. The summed E-state index contributed by atoms with van der Waals surface area (Å²) in [4.78, 5) is 11.9. The van der Waals surface area contributed by atoms with E-state index in [0.29, 0.717) is 11.4 Å². The summed E-state index contributed by atoms with van der Waals surface area (Å²) in [7, 11) is 1.79. The minimum Gasteiger partial charge on any atom is -0.469 e. The average molecular weight is 244 g/mol. The Balaban J connectivity index is 2.03. The molecule has 1 aromatic carbocycles. The number of nitrogens with zero attached hydrogens (tertiary/aromatic N) is 2. The van der Waals surface area contributed by atoms with Gasteiger partial charge in [-0.15, -0.1) is 0 Å². The van der Waals surface area contributed by atoms with Crippen LogP contribution in [0, 0.1) is 13.8 Å². The van der Waals surface area contributed by atoms with Gasteiger partial charge in [-0.2, -0.15) is 5.10 Å². The lowest BCUT2D eigenvalue weighted by Crippen LogP contribution is -2.13. The lowest BCUT2D eigenvalue weighted by Gasteiger charge is -2.07. The molecule has 0 N–H and O–H groups in total. The maximum Gasteiger partial charge on any atom is 0.214 e. The number of rotatable bonds is 4. The number of aryl methyl sites for hydroxylation is 3. The quantitative estimate of drug-likeness (QED) is 0.775. The van der Waals surface area contributed by atoms with Crippen LogP contribution in [0.25, 0.3) is 0 Å². The number of ether oxygens (including phenoxy) is 1. The maximum absolute atomic E-state index is 11.9. The van der Waals surface area contributed by atoms with Gasteiger partial charge in [0.2, 0.25) is 5.88 Å². The standard InChI is InChI=1S/C14H16N2O2/c1-10-4-6-12(7-5-10)13(17)9-18-14-11(2)8-15-16(14)3/h4-8H,9H2,1-3H3. The summed E-state index contributed by atoms with van der Waals surface area (Å²) in [6, 6.07) is 7.47. The van der Waals surface area contributed by atoms with Gasteiger partial charge in [0.1, 0.15) is 0 Å². The van der Waals surface area contributed by atoms with E-state index in [9.17, 15) is 4.79 Å². The Morgan fingerprint density at radius 3 is 2.50 bits per heavy atom. The predicted molar refractivity (Wildman–Crippen MR) is 68.9 cm³/mol. The molecule has 0 aliphatic carbocycles. The second kappa shape index (κ2) is 5.04. The van der Waals surface area contributed by atoms with Crippen molar-refractivity contribution >= 4 is 5.78 Å². The van der Waals surface area contributed by atoms with E-state index >= 15 is 0 Å². The van der Waals surface area contributed by atoms with E-state index in [0.717, 1.165) is 11.1 Å². The molecule has 0 saturated heterocycles. The molecule has 0 unspecified atom stereocenters. The molecule has 0 aliphatic heterocycles. The summed E-state index contributed by atoms with van der Waals surface area (Å²) in [5.41, 5.74) is 2.73. The first-order valence-electron chi connectivity index (χ1n) is 5.79. The monoisotopic (exact) mass is 244 g/mol. The van der Waals surface area contributed by atoms with Crippen molar-refractivity contribution in [2.75, 3.05) is 6.61 Å². The van der Waals surface area contributed by atoms with Crippen LogP contribution in [0.5, 0.6) is 5.88 Å². The molecule has 0 bridgehead atoms. The molecule has 2 rings (SSSR count). The van der Waals surface area contributed by atoms with E-state index < -0.39 is 0 Å². The zero-order valence-corrected chi connectivity index (χ0v) is 10.8. The fourth-order valence-electron chi connectivity index (χ4n) is 1.70. The highest BCUT2D eigenvalue weighted by Gasteiger charge is 2.10. The van der Waals surface area contributed by atoms with Crippen LogP contribution in [0.15, 0.2) is 30.5 Å². The fraction of sp³-hybridized carbons (Fsp3) is 0.286. The van der Waals surface area contributed by atoms with Crippen molar-refractivity contribution in [2.45, 2.75) is 13.8 Å². The van der Waals surface area contributed by atoms with Crippen molar-refractivity contribution in [3.63, 3.8) is 0 Å². The topological polar surface area (TPSA) is 44.1 Å². The molecule has 0 saturated carbocycles. The second-order valence-corrected chi connectivity index (χ2v) is 4.33. The van der Waals surface area contributed by atoms with Gasteiger partial charge in [0, 0.05) is 18.2 Å². The van der Waals surface area contributed by atoms with Crippen LogP contribution in [0.4, 0.5) is 0 Å². The van der Waals surface area contributed by atoms with E-state index in [1.54, 1.807) is 17.9 Å². The van der Waals surface area contributed by atoms with Crippen molar-refractivity contribution < 1.29 is 9.53 Å². The number of aromatic nitrogens is 2. The molecule has 0 fully saturated rings. The lowest BCUT2D eigenvalue weighted by atomic mass is 10.1. The first-order chi connectivity index (χ1) is 8.58. The number of carbonyl (C=O) groups is 1. The van der Waals surface area contributed by atoms with Crippen molar-refractivity contribution in [1.82, 2.24) is 9.78 Å². The SMILES string of the molecule is Cc1ccc(C(=O)COc2c(C)cnn2C)cc1. The largest absolute Gasteiger partial charge is 0.469 e. The molecule has 1 heterocycles. The Labute approximate surface area is 106 Å². The number of Topliss-reactive ketones (excluding diaryl/α,β-unsaturated/α-hetero) is 1. The van der Waals surface area contributed by atoms with Crippen LogP contribution in [-0.2, 0) is 7.05 Å². The normalized spacial score (nSPS) is 10.4. The Hall–Kier alpha value is -2.10. The minimum atomic E-state index is -0.0319. The van der Waals surface area contributed by atoms with Gasteiger partial charge in [0.25, 0.3) is 0 Å². The van der Waals surface area contributed by atoms with Crippen LogP contribution >= 0.6 is 0 Å². The number of hydrogen-bond acceptors (Lipinski definition) is 3. The molecular weight excluding hydrogens is 228 g/mol. The highest BCUT2D eigenvalue weighted by atomic mass is 16.5. The molecule has 94 valence electrons. The van der Waals surface area contributed by atoms with Crippen LogP contribution in [-0.4, -0.2) is 22.2 Å². The van der Waals surface area contributed by atoms with Gasteiger partial charge < -0.3 is 4.74 Å². The Bertz CT molecular complexity index is 536. The van der Waals surface area contributed by atoms with Crippen LogP contribution in [0.1, 0.15) is 21.5 Å². The van der Waals surface area contributed by atoms with E-state index in [-0.39, 0.29) is 12.4 Å². The van der Waals surface area contributed by atoms with Gasteiger partial charge >= 0.3 is 0 Å². The predicted octanol–water partition coefficient (Wildman–Crippen LogP) is 2.30. The molecule has 4 nitrogen and oxygen atoms in total. The van der Waals surface area contributed by atoms with Gasteiger partial charge in [0.05, 0.1) is 6.20 Å². The Kier molecular flexibility index (Phi) is 3.46. The number of hydrogen-bond donors (Lipinski definition) is 0. The smallest absolute Gasteiger partial charge is 0.214 e. The van der Waals surface area contributed by atoms with Crippen molar-refractivity contribution in [3.05, 3.63) is 47.2 Å². The van der Waals surface area contributed by atoms with Crippen LogP contribution in [0.2, 0.25) is 0 Å². The number of benzene rings is 1. The lowest BCUT2D eigenvalue weighted by molar-refractivity contribution is 0.0914. The summed E-state index contributed by atoms with van der Waals surface area (Å²) in [5.74, 6) is 0.603. The van der Waals surface area contributed by atoms with Gasteiger partial charge in [0.15, 0.2) is 12.4 Å². The van der Waals surface area contributed by atoms with E-state index in [2.05, 4.69) is 5.10 Å². The molecular formula is C14H16N2O2. The van der Waals surface area contributed by atoms with E-state index in [1.807, 2.05) is 38.1 Å². The maximum atomic E-state index is 11.9. The summed E-state index contributed by atoms with van der Waals surface area (Å²) in [6.07, 6.45) is 1.71. The van der Waals surface area contributed by atoms with Crippen molar-refractivity contribution in [1.29, 1.82) is 0 Å². The molecule has 0 aliphatic rings. The highest BCUT2D eigenvalue weighted by molar-refractivity contribution is 5.97. The molecule has 0 amide bonds. The molecule has 2 aromatic rings. The van der Waals surface area contributed by atoms with Crippen molar-refractivity contribution in [2.24, 2.45) is 7.05 Å². The second-order valence-electron chi connectivity index (χ2n) is 4.33. The highest BCUT2D eigenvalue weighted by Crippen LogP contribution is 2.15. The molecule has 0 atom stereocenters. The van der Waals surface area contributed by atoms with Gasteiger partial charge in [-0.1, -0.05) is 29.8 Å². The van der Waals surface area contributed by atoms with Gasteiger partial charge in [-0.05, 0) is 13.8 Å². The number of ketones is 1. The van der Waals surface area contributed by atoms with E-state index in [1.165, 1.54) is 0 Å². The molecule has 0 spiro atoms. The minimum absolute atomic E-state index is 0.0312. The van der Waals surface area contributed by atoms with Gasteiger partial charge in [-0.25, -0.2) is 4.68 Å². The Morgan fingerprint density at radius 1 is 1.28 bits per heavy atom. The fourth-order valence-corrected chi connectivity index (χ4v) is 1.70. The molecule has 4 heteroatoms. The summed E-state index contributed by atoms with van der Waals surface area (Å²) < 4.78 is 7.13. The zero-order valence-electron chi connectivity index (χ0n) is 10.8. The van der Waals surface area contributed by atoms with Gasteiger partial charge in [-0.3, -0.25) is 4.79 Å².